The second-order valence-electron chi connectivity index (χ2n) is 14.4. The molecule has 0 fully saturated rings. The molecule has 0 aromatic carbocycles. The molecular formula is C43H82O5. The minimum atomic E-state index is -0.765. The number of hydrogen-bond donors (Lipinski definition) is 1. The maximum absolute atomic E-state index is 12.2. The molecule has 5 heteroatoms. The molecule has 1 unspecified atom stereocenters. The van der Waals surface area contributed by atoms with Crippen molar-refractivity contribution in [1.82, 2.24) is 0 Å². The molecule has 0 bridgehead atoms. The molecule has 0 aromatic rings. The summed E-state index contributed by atoms with van der Waals surface area (Å²) in [5.41, 5.74) is 0. The number of ether oxygens (including phenoxy) is 2. The topological polar surface area (TPSA) is 72.8 Å². The second kappa shape index (κ2) is 40.1. The summed E-state index contributed by atoms with van der Waals surface area (Å²) in [5, 5.41) is 9.56. The zero-order valence-electron chi connectivity index (χ0n) is 32.3. The number of esters is 2. The Labute approximate surface area is 299 Å². The maximum atomic E-state index is 12.2. The van der Waals surface area contributed by atoms with Gasteiger partial charge in [0, 0.05) is 12.8 Å². The van der Waals surface area contributed by atoms with E-state index in [1.54, 1.807) is 0 Å². The first-order valence-corrected chi connectivity index (χ1v) is 21.2. The van der Waals surface area contributed by atoms with Gasteiger partial charge in [-0.3, -0.25) is 9.59 Å². The summed E-state index contributed by atoms with van der Waals surface area (Å²) in [5.74, 6) is -0.581. The lowest BCUT2D eigenvalue weighted by atomic mass is 10.0. The van der Waals surface area contributed by atoms with Crippen molar-refractivity contribution in [2.45, 2.75) is 238 Å². The molecule has 5 nitrogen and oxygen atoms in total. The Bertz CT molecular complexity index is 691. The van der Waals surface area contributed by atoms with E-state index >= 15 is 0 Å². The Morgan fingerprint density at radius 2 is 0.771 bits per heavy atom. The summed E-state index contributed by atoms with van der Waals surface area (Å²) in [7, 11) is 0. The van der Waals surface area contributed by atoms with Crippen LogP contribution in [0.2, 0.25) is 0 Å². The van der Waals surface area contributed by atoms with Gasteiger partial charge in [-0.25, -0.2) is 0 Å². The highest BCUT2D eigenvalue weighted by Gasteiger charge is 2.16. The molecule has 48 heavy (non-hydrogen) atoms. The molecule has 1 atom stereocenters. The van der Waals surface area contributed by atoms with Crippen LogP contribution in [0.15, 0.2) is 12.2 Å². The van der Waals surface area contributed by atoms with Gasteiger partial charge in [-0.2, -0.15) is 0 Å². The zero-order chi connectivity index (χ0) is 35.0. The first-order valence-electron chi connectivity index (χ1n) is 21.2. The van der Waals surface area contributed by atoms with Gasteiger partial charge < -0.3 is 14.6 Å². The van der Waals surface area contributed by atoms with Crippen LogP contribution in [0.3, 0.4) is 0 Å². The highest BCUT2D eigenvalue weighted by molar-refractivity contribution is 5.70. The normalized spacial score (nSPS) is 12.1. The molecule has 0 saturated heterocycles. The molecule has 0 heterocycles. The van der Waals surface area contributed by atoms with Crippen molar-refractivity contribution >= 4 is 11.9 Å². The Hall–Kier alpha value is -1.36. The van der Waals surface area contributed by atoms with E-state index in [1.165, 1.54) is 167 Å². The number of carbonyl (C=O) groups is 2. The summed E-state index contributed by atoms with van der Waals surface area (Å²) in [6.07, 6.45) is 45.6. The summed E-state index contributed by atoms with van der Waals surface area (Å²) in [4.78, 5) is 24.3. The van der Waals surface area contributed by atoms with E-state index in [1.807, 2.05) is 0 Å². The number of aliphatic hydroxyl groups excluding tert-OH is 1. The van der Waals surface area contributed by atoms with Crippen molar-refractivity contribution in [3.63, 3.8) is 0 Å². The van der Waals surface area contributed by atoms with Gasteiger partial charge in [-0.15, -0.1) is 0 Å². The minimum absolute atomic E-state index is 0.0604. The molecule has 0 spiro atoms. The van der Waals surface area contributed by atoms with Crippen molar-refractivity contribution in [2.75, 3.05) is 13.2 Å². The molecule has 0 radical (unpaired) electrons. The Kier molecular flexibility index (Phi) is 38.9. The fraction of sp³-hybridized carbons (Fsp3) is 0.907. The number of unbranched alkanes of at least 4 members (excludes halogenated alkanes) is 29. The lowest BCUT2D eigenvalue weighted by molar-refractivity contribution is -0.161. The molecule has 0 aliphatic heterocycles. The quantitative estimate of drug-likeness (QED) is 0.0398. The summed E-state index contributed by atoms with van der Waals surface area (Å²) in [6, 6.07) is 0. The standard InChI is InChI=1S/C43H82O5/c1-3-5-7-9-11-13-15-17-18-19-20-21-22-23-24-26-28-30-32-34-36-38-43(46)48-41(39-44)40-47-42(45)37-35-33-31-29-27-25-16-14-12-10-8-6-4-2/h19-20,41,44H,3-18,21-40H2,1-2H3/b20-19-. The molecule has 0 amide bonds. The smallest absolute Gasteiger partial charge is 0.306 e. The highest BCUT2D eigenvalue weighted by Crippen LogP contribution is 2.15. The van der Waals surface area contributed by atoms with E-state index < -0.39 is 6.10 Å². The predicted octanol–water partition coefficient (Wildman–Crippen LogP) is 13.3. The van der Waals surface area contributed by atoms with Gasteiger partial charge >= 0.3 is 11.9 Å². The van der Waals surface area contributed by atoms with Gasteiger partial charge in [0.2, 0.25) is 0 Å². The van der Waals surface area contributed by atoms with E-state index in [2.05, 4.69) is 26.0 Å². The monoisotopic (exact) mass is 679 g/mol. The number of aliphatic hydroxyl groups is 1. The maximum Gasteiger partial charge on any atom is 0.306 e. The fourth-order valence-corrected chi connectivity index (χ4v) is 6.31. The lowest BCUT2D eigenvalue weighted by Gasteiger charge is -2.15. The van der Waals surface area contributed by atoms with Gasteiger partial charge in [0.25, 0.3) is 0 Å². The average molecular weight is 679 g/mol. The van der Waals surface area contributed by atoms with Gasteiger partial charge in [0.1, 0.15) is 6.61 Å². The molecule has 0 aliphatic rings. The zero-order valence-corrected chi connectivity index (χ0v) is 32.3. The average Bonchev–Trinajstić information content (AvgIpc) is 3.09. The van der Waals surface area contributed by atoms with Crippen molar-refractivity contribution in [3.8, 4) is 0 Å². The van der Waals surface area contributed by atoms with Gasteiger partial charge in [0.15, 0.2) is 6.10 Å². The van der Waals surface area contributed by atoms with Crippen molar-refractivity contribution < 1.29 is 24.2 Å². The highest BCUT2D eigenvalue weighted by atomic mass is 16.6. The van der Waals surface area contributed by atoms with E-state index in [0.717, 1.165) is 38.5 Å². The molecule has 0 rings (SSSR count). The molecule has 0 aromatic heterocycles. The van der Waals surface area contributed by atoms with Gasteiger partial charge in [-0.05, 0) is 38.5 Å². The van der Waals surface area contributed by atoms with Crippen LogP contribution in [0.5, 0.6) is 0 Å². The van der Waals surface area contributed by atoms with Crippen LogP contribution in [0.25, 0.3) is 0 Å². The summed E-state index contributed by atoms with van der Waals surface area (Å²) in [6.45, 7) is 4.16. The third kappa shape index (κ3) is 37.5. The Balaban J connectivity index is 3.49. The van der Waals surface area contributed by atoms with Crippen LogP contribution in [0, 0.1) is 0 Å². The first-order chi connectivity index (χ1) is 23.6. The van der Waals surface area contributed by atoms with Crippen molar-refractivity contribution in [3.05, 3.63) is 12.2 Å². The lowest BCUT2D eigenvalue weighted by Crippen LogP contribution is -2.28. The molecule has 0 aliphatic carbocycles. The third-order valence-corrected chi connectivity index (χ3v) is 9.56. The molecule has 1 N–H and O–H groups in total. The third-order valence-electron chi connectivity index (χ3n) is 9.56. The van der Waals surface area contributed by atoms with E-state index in [0.29, 0.717) is 12.8 Å². The van der Waals surface area contributed by atoms with Gasteiger partial charge in [0.05, 0.1) is 6.61 Å². The van der Waals surface area contributed by atoms with E-state index in [4.69, 9.17) is 9.47 Å². The van der Waals surface area contributed by atoms with E-state index in [9.17, 15) is 14.7 Å². The number of allylic oxidation sites excluding steroid dienone is 2. The Morgan fingerprint density at radius 1 is 0.458 bits per heavy atom. The largest absolute Gasteiger partial charge is 0.462 e. The minimum Gasteiger partial charge on any atom is -0.462 e. The van der Waals surface area contributed by atoms with Crippen molar-refractivity contribution in [2.24, 2.45) is 0 Å². The Morgan fingerprint density at radius 3 is 1.12 bits per heavy atom. The van der Waals surface area contributed by atoms with Crippen LogP contribution >= 0.6 is 0 Å². The van der Waals surface area contributed by atoms with Crippen LogP contribution in [0.1, 0.15) is 232 Å². The van der Waals surface area contributed by atoms with E-state index in [-0.39, 0.29) is 25.2 Å². The fourth-order valence-electron chi connectivity index (χ4n) is 6.31. The summed E-state index contributed by atoms with van der Waals surface area (Å²) >= 11 is 0. The summed E-state index contributed by atoms with van der Waals surface area (Å²) < 4.78 is 10.6. The molecular weight excluding hydrogens is 596 g/mol. The number of rotatable bonds is 39. The number of hydrogen-bond acceptors (Lipinski definition) is 5. The first kappa shape index (κ1) is 46.6. The second-order valence-corrected chi connectivity index (χ2v) is 14.4. The SMILES string of the molecule is CCCCCCCCCC/C=C\CCCCCCCCCCCC(=O)OC(CO)COC(=O)CCCCCCCCCCCCCCC. The van der Waals surface area contributed by atoms with Crippen LogP contribution in [-0.4, -0.2) is 36.4 Å². The predicted molar refractivity (Wildman–Crippen MR) is 205 cm³/mol. The van der Waals surface area contributed by atoms with Crippen LogP contribution in [0.4, 0.5) is 0 Å². The van der Waals surface area contributed by atoms with Crippen molar-refractivity contribution in [1.29, 1.82) is 0 Å². The number of carbonyl (C=O) groups excluding carboxylic acids is 2. The van der Waals surface area contributed by atoms with Gasteiger partial charge in [-0.1, -0.05) is 193 Å². The van der Waals surface area contributed by atoms with Crippen LogP contribution < -0.4 is 0 Å². The molecule has 284 valence electrons. The van der Waals surface area contributed by atoms with Crippen LogP contribution in [-0.2, 0) is 19.1 Å². The molecule has 0 saturated carbocycles.